The monoisotopic (exact) mass is 266 g/mol. The van der Waals surface area contributed by atoms with Gasteiger partial charge in [0.1, 0.15) is 0 Å². The van der Waals surface area contributed by atoms with Gasteiger partial charge in [-0.1, -0.05) is 19.3 Å². The van der Waals surface area contributed by atoms with Crippen molar-refractivity contribution in [2.75, 3.05) is 20.1 Å². The fourth-order valence-electron chi connectivity index (χ4n) is 2.74. The maximum Gasteiger partial charge on any atom is 0.391 e. The number of hydrogen-bond donors (Lipinski definition) is 1. The minimum absolute atomic E-state index is 0.0437. The molecule has 1 aliphatic rings. The quantitative estimate of drug-likeness (QED) is 0.800. The van der Waals surface area contributed by atoms with Crippen molar-refractivity contribution in [1.29, 1.82) is 0 Å². The van der Waals surface area contributed by atoms with Crippen molar-refractivity contribution >= 4 is 0 Å². The van der Waals surface area contributed by atoms with E-state index in [0.717, 1.165) is 12.8 Å². The van der Waals surface area contributed by atoms with Crippen LogP contribution in [0.2, 0.25) is 0 Å². The molecule has 0 saturated heterocycles. The second kappa shape index (κ2) is 7.34. The third kappa shape index (κ3) is 5.14. The Labute approximate surface area is 108 Å². The summed E-state index contributed by atoms with van der Waals surface area (Å²) in [4.78, 5) is 2.11. The summed E-state index contributed by atoms with van der Waals surface area (Å²) in [5.41, 5.74) is 5.26. The summed E-state index contributed by atoms with van der Waals surface area (Å²) in [7, 11) is 1.95. The Balaban J connectivity index is 2.36. The first-order valence-electron chi connectivity index (χ1n) is 6.92. The van der Waals surface area contributed by atoms with Gasteiger partial charge >= 0.3 is 6.18 Å². The largest absolute Gasteiger partial charge is 0.391 e. The Bertz CT molecular complexity index is 225. The van der Waals surface area contributed by atoms with Crippen molar-refractivity contribution in [2.45, 2.75) is 57.2 Å². The zero-order valence-corrected chi connectivity index (χ0v) is 11.2. The summed E-state index contributed by atoms with van der Waals surface area (Å²) >= 11 is 0. The molecule has 0 spiro atoms. The highest BCUT2D eigenvalue weighted by molar-refractivity contribution is 4.76. The topological polar surface area (TPSA) is 29.3 Å². The summed E-state index contributed by atoms with van der Waals surface area (Å²) in [5.74, 6) is -1.24. The number of nitrogens with zero attached hydrogens (tertiary/aromatic N) is 1. The number of alkyl halides is 3. The van der Waals surface area contributed by atoms with Crippen LogP contribution >= 0.6 is 0 Å². The van der Waals surface area contributed by atoms with Gasteiger partial charge in [0.2, 0.25) is 0 Å². The Kier molecular flexibility index (Phi) is 6.43. The van der Waals surface area contributed by atoms with Crippen molar-refractivity contribution in [2.24, 2.45) is 11.7 Å². The van der Waals surface area contributed by atoms with E-state index >= 15 is 0 Å². The highest BCUT2D eigenvalue weighted by atomic mass is 19.4. The molecule has 1 unspecified atom stereocenters. The standard InChI is InChI=1S/C13H25F3N2/c1-18(12-5-3-2-4-6-12)10-8-11(7-9-17)13(14,15)16/h11-12H,2-10,17H2,1H3. The lowest BCUT2D eigenvalue weighted by molar-refractivity contribution is -0.178. The van der Waals surface area contributed by atoms with E-state index in [9.17, 15) is 13.2 Å². The second-order valence-electron chi connectivity index (χ2n) is 5.38. The number of hydrogen-bond acceptors (Lipinski definition) is 2. The average molecular weight is 266 g/mol. The van der Waals surface area contributed by atoms with Crippen LogP contribution in [0.25, 0.3) is 0 Å². The van der Waals surface area contributed by atoms with E-state index < -0.39 is 12.1 Å². The summed E-state index contributed by atoms with van der Waals surface area (Å²) < 4.78 is 38.2. The van der Waals surface area contributed by atoms with Gasteiger partial charge in [0.25, 0.3) is 0 Å². The second-order valence-corrected chi connectivity index (χ2v) is 5.38. The number of rotatable bonds is 6. The number of halogens is 3. The Hall–Kier alpha value is -0.290. The van der Waals surface area contributed by atoms with Crippen molar-refractivity contribution in [1.82, 2.24) is 4.90 Å². The van der Waals surface area contributed by atoms with Crippen LogP contribution in [0.5, 0.6) is 0 Å². The van der Waals surface area contributed by atoms with Crippen LogP contribution in [0.3, 0.4) is 0 Å². The molecule has 0 bridgehead atoms. The van der Waals surface area contributed by atoms with Crippen molar-refractivity contribution in [3.63, 3.8) is 0 Å². The molecular weight excluding hydrogens is 241 g/mol. The fraction of sp³-hybridized carbons (Fsp3) is 1.00. The van der Waals surface area contributed by atoms with Gasteiger partial charge in [0, 0.05) is 6.04 Å². The maximum atomic E-state index is 12.7. The molecular formula is C13H25F3N2. The zero-order valence-electron chi connectivity index (χ0n) is 11.2. The van der Waals surface area contributed by atoms with Gasteiger partial charge < -0.3 is 10.6 Å². The maximum absolute atomic E-state index is 12.7. The SMILES string of the molecule is CN(CCC(CCN)C(F)(F)F)C1CCCCC1. The lowest BCUT2D eigenvalue weighted by Crippen LogP contribution is -2.36. The highest BCUT2D eigenvalue weighted by Crippen LogP contribution is 2.31. The minimum atomic E-state index is -4.10. The number of nitrogens with two attached hydrogens (primary N) is 1. The summed E-state index contributed by atoms with van der Waals surface area (Å²) in [6.07, 6.45) is 2.06. The molecule has 2 nitrogen and oxygen atoms in total. The van der Waals surface area contributed by atoms with Gasteiger partial charge in [-0.2, -0.15) is 13.2 Å². The molecule has 1 fully saturated rings. The van der Waals surface area contributed by atoms with Crippen LogP contribution in [0.4, 0.5) is 13.2 Å². The van der Waals surface area contributed by atoms with Crippen molar-refractivity contribution in [3.05, 3.63) is 0 Å². The van der Waals surface area contributed by atoms with E-state index in [1.807, 2.05) is 7.05 Å². The molecule has 0 aromatic heterocycles. The van der Waals surface area contributed by atoms with E-state index in [4.69, 9.17) is 5.73 Å². The average Bonchev–Trinajstić information content (AvgIpc) is 2.33. The first kappa shape index (κ1) is 15.8. The van der Waals surface area contributed by atoms with Crippen LogP contribution in [0, 0.1) is 5.92 Å². The fourth-order valence-corrected chi connectivity index (χ4v) is 2.74. The van der Waals surface area contributed by atoms with E-state index in [1.54, 1.807) is 0 Å². The first-order valence-corrected chi connectivity index (χ1v) is 6.92. The molecule has 1 aliphatic carbocycles. The molecule has 1 rings (SSSR count). The Morgan fingerprint density at radius 2 is 1.78 bits per heavy atom. The van der Waals surface area contributed by atoms with E-state index in [0.29, 0.717) is 12.6 Å². The van der Waals surface area contributed by atoms with Gasteiger partial charge in [0.05, 0.1) is 5.92 Å². The highest BCUT2D eigenvalue weighted by Gasteiger charge is 2.38. The summed E-state index contributed by atoms with van der Waals surface area (Å²) in [6, 6.07) is 0.477. The van der Waals surface area contributed by atoms with E-state index in [-0.39, 0.29) is 19.4 Å². The van der Waals surface area contributed by atoms with E-state index in [2.05, 4.69) is 4.90 Å². The smallest absolute Gasteiger partial charge is 0.330 e. The molecule has 1 atom stereocenters. The van der Waals surface area contributed by atoms with Crippen LogP contribution in [0.1, 0.15) is 44.9 Å². The molecule has 2 N–H and O–H groups in total. The van der Waals surface area contributed by atoms with Crippen LogP contribution in [-0.2, 0) is 0 Å². The van der Waals surface area contributed by atoms with Crippen molar-refractivity contribution in [3.8, 4) is 0 Å². The zero-order chi connectivity index (χ0) is 13.6. The molecule has 0 aromatic carbocycles. The minimum Gasteiger partial charge on any atom is -0.330 e. The lowest BCUT2D eigenvalue weighted by atomic mass is 9.93. The van der Waals surface area contributed by atoms with E-state index in [1.165, 1.54) is 19.3 Å². The lowest BCUT2D eigenvalue weighted by Gasteiger charge is -2.32. The van der Waals surface area contributed by atoms with Crippen molar-refractivity contribution < 1.29 is 13.2 Å². The first-order chi connectivity index (χ1) is 8.45. The third-order valence-corrected chi connectivity index (χ3v) is 4.01. The predicted octanol–water partition coefficient (Wildman–Crippen LogP) is 3.17. The van der Waals surface area contributed by atoms with Gasteiger partial charge in [0.15, 0.2) is 0 Å². The molecule has 18 heavy (non-hydrogen) atoms. The summed E-state index contributed by atoms with van der Waals surface area (Å²) in [6.45, 7) is 0.631. The third-order valence-electron chi connectivity index (χ3n) is 4.01. The van der Waals surface area contributed by atoms with Gasteiger partial charge in [-0.3, -0.25) is 0 Å². The molecule has 0 aromatic rings. The predicted molar refractivity (Wildman–Crippen MR) is 67.3 cm³/mol. The Morgan fingerprint density at radius 3 is 2.28 bits per heavy atom. The molecule has 0 amide bonds. The van der Waals surface area contributed by atoms with Gasteiger partial charge in [-0.05, 0) is 45.8 Å². The Morgan fingerprint density at radius 1 is 1.17 bits per heavy atom. The van der Waals surface area contributed by atoms with Crippen LogP contribution < -0.4 is 5.73 Å². The van der Waals surface area contributed by atoms with Crippen LogP contribution in [0.15, 0.2) is 0 Å². The molecule has 0 aliphatic heterocycles. The normalized spacial score (nSPS) is 20.3. The molecule has 0 heterocycles. The molecule has 1 saturated carbocycles. The molecule has 5 heteroatoms. The van der Waals surface area contributed by atoms with Gasteiger partial charge in [-0.15, -0.1) is 0 Å². The summed E-state index contributed by atoms with van der Waals surface area (Å²) in [5, 5.41) is 0. The molecule has 108 valence electrons. The molecule has 0 radical (unpaired) electrons. The van der Waals surface area contributed by atoms with Crippen LogP contribution in [-0.4, -0.2) is 37.3 Å². The van der Waals surface area contributed by atoms with Gasteiger partial charge in [-0.25, -0.2) is 0 Å².